The number of rotatable bonds is 3. The Kier molecular flexibility index (Phi) is 4.16. The maximum absolute atomic E-state index is 12.2. The highest BCUT2D eigenvalue weighted by Crippen LogP contribution is 2.28. The third-order valence-corrected chi connectivity index (χ3v) is 4.62. The summed E-state index contributed by atoms with van der Waals surface area (Å²) in [5, 5.41) is 3.32. The number of amides is 1. The summed E-state index contributed by atoms with van der Waals surface area (Å²) in [7, 11) is 0. The van der Waals surface area contributed by atoms with Crippen LogP contribution in [0.25, 0.3) is 0 Å². The average molecular weight is 294 g/mol. The van der Waals surface area contributed by atoms with Gasteiger partial charge in [0.2, 0.25) is 0 Å². The molecule has 0 saturated heterocycles. The summed E-state index contributed by atoms with van der Waals surface area (Å²) >= 11 is 6.18. The standard InChI is InChI=1S/C16H20ClNO2/c17-14-3-1-2-11(8-14)10-18-16(19)13-4-5-15-12(9-13)6-7-20-15/h4-5,9,11,14H,1-3,6-8,10H2,(H,18,19). The zero-order valence-electron chi connectivity index (χ0n) is 11.5. The van der Waals surface area contributed by atoms with Crippen LogP contribution < -0.4 is 10.1 Å². The van der Waals surface area contributed by atoms with E-state index in [1.165, 1.54) is 12.8 Å². The molecule has 1 aromatic carbocycles. The van der Waals surface area contributed by atoms with Gasteiger partial charge in [-0.05, 0) is 48.9 Å². The molecule has 3 nitrogen and oxygen atoms in total. The SMILES string of the molecule is O=C(NCC1CCCC(Cl)C1)c1ccc2c(c1)CCO2. The van der Waals surface area contributed by atoms with E-state index in [0.29, 0.717) is 5.92 Å². The largest absolute Gasteiger partial charge is 0.493 e. The Morgan fingerprint density at radius 3 is 3.15 bits per heavy atom. The molecule has 1 amide bonds. The number of fused-ring (bicyclic) bond motifs is 1. The van der Waals surface area contributed by atoms with Crippen LogP contribution in [0.3, 0.4) is 0 Å². The lowest BCUT2D eigenvalue weighted by atomic mass is 9.89. The highest BCUT2D eigenvalue weighted by molar-refractivity contribution is 6.20. The Hall–Kier alpha value is -1.22. The minimum absolute atomic E-state index is 0.0106. The van der Waals surface area contributed by atoms with Crippen molar-refractivity contribution in [1.82, 2.24) is 5.32 Å². The molecule has 1 aromatic rings. The van der Waals surface area contributed by atoms with Gasteiger partial charge in [0.05, 0.1) is 6.61 Å². The summed E-state index contributed by atoms with van der Waals surface area (Å²) in [6.45, 7) is 1.45. The minimum atomic E-state index is 0.0106. The number of alkyl halides is 1. The van der Waals surface area contributed by atoms with Crippen LogP contribution in [0.1, 0.15) is 41.6 Å². The van der Waals surface area contributed by atoms with E-state index < -0.39 is 0 Å². The summed E-state index contributed by atoms with van der Waals surface area (Å²) in [6, 6.07) is 5.68. The summed E-state index contributed by atoms with van der Waals surface area (Å²) in [5.41, 5.74) is 1.86. The van der Waals surface area contributed by atoms with Crippen LogP contribution in [0.4, 0.5) is 0 Å². The molecule has 1 fully saturated rings. The molecule has 20 heavy (non-hydrogen) atoms. The van der Waals surface area contributed by atoms with Gasteiger partial charge >= 0.3 is 0 Å². The van der Waals surface area contributed by atoms with Gasteiger partial charge in [0.1, 0.15) is 5.75 Å². The number of benzene rings is 1. The van der Waals surface area contributed by atoms with Crippen LogP contribution in [-0.2, 0) is 6.42 Å². The molecule has 1 heterocycles. The number of ether oxygens (including phenoxy) is 1. The lowest BCUT2D eigenvalue weighted by Gasteiger charge is -2.25. The molecule has 1 saturated carbocycles. The van der Waals surface area contributed by atoms with Crippen molar-refractivity contribution in [3.63, 3.8) is 0 Å². The zero-order chi connectivity index (χ0) is 13.9. The van der Waals surface area contributed by atoms with Crippen LogP contribution in [0.2, 0.25) is 0 Å². The quantitative estimate of drug-likeness (QED) is 0.870. The third kappa shape index (κ3) is 3.09. The Balaban J connectivity index is 1.56. The molecule has 108 valence electrons. The normalized spacial score (nSPS) is 24.9. The smallest absolute Gasteiger partial charge is 0.251 e. The van der Waals surface area contributed by atoms with Crippen molar-refractivity contribution < 1.29 is 9.53 Å². The maximum atomic E-state index is 12.2. The molecule has 2 aliphatic rings. The van der Waals surface area contributed by atoms with Crippen molar-refractivity contribution in [3.8, 4) is 5.75 Å². The van der Waals surface area contributed by atoms with Crippen molar-refractivity contribution in [3.05, 3.63) is 29.3 Å². The van der Waals surface area contributed by atoms with Crippen LogP contribution >= 0.6 is 11.6 Å². The second-order valence-corrected chi connectivity index (χ2v) is 6.38. The maximum Gasteiger partial charge on any atom is 0.251 e. The fourth-order valence-electron chi connectivity index (χ4n) is 3.08. The van der Waals surface area contributed by atoms with Gasteiger partial charge in [-0.2, -0.15) is 0 Å². The summed E-state index contributed by atoms with van der Waals surface area (Å²) in [6.07, 6.45) is 5.36. The predicted octanol–water partition coefficient (Wildman–Crippen LogP) is 3.15. The third-order valence-electron chi connectivity index (χ3n) is 4.22. The molecule has 4 heteroatoms. The minimum Gasteiger partial charge on any atom is -0.493 e. The second-order valence-electron chi connectivity index (χ2n) is 5.76. The van der Waals surface area contributed by atoms with Gasteiger partial charge in [-0.1, -0.05) is 6.42 Å². The molecule has 0 bridgehead atoms. The molecule has 1 aliphatic heterocycles. The fraction of sp³-hybridized carbons (Fsp3) is 0.562. The molecular weight excluding hydrogens is 274 g/mol. The molecule has 0 radical (unpaired) electrons. The molecule has 3 rings (SSSR count). The topological polar surface area (TPSA) is 38.3 Å². The number of hydrogen-bond acceptors (Lipinski definition) is 2. The summed E-state index contributed by atoms with van der Waals surface area (Å²) < 4.78 is 5.45. The van der Waals surface area contributed by atoms with Gasteiger partial charge in [0, 0.05) is 23.9 Å². The molecule has 0 aromatic heterocycles. The van der Waals surface area contributed by atoms with E-state index >= 15 is 0 Å². The van der Waals surface area contributed by atoms with E-state index in [2.05, 4.69) is 5.32 Å². The second kappa shape index (κ2) is 6.04. The first-order valence-electron chi connectivity index (χ1n) is 7.40. The van der Waals surface area contributed by atoms with E-state index in [-0.39, 0.29) is 11.3 Å². The number of carbonyl (C=O) groups is 1. The molecule has 2 atom stereocenters. The summed E-state index contributed by atoms with van der Waals surface area (Å²) in [4.78, 5) is 12.2. The van der Waals surface area contributed by atoms with Crippen molar-refractivity contribution in [1.29, 1.82) is 0 Å². The van der Waals surface area contributed by atoms with E-state index in [0.717, 1.165) is 49.3 Å². The van der Waals surface area contributed by atoms with Gasteiger partial charge in [-0.15, -0.1) is 11.6 Å². The van der Waals surface area contributed by atoms with Crippen molar-refractivity contribution >= 4 is 17.5 Å². The number of halogens is 1. The van der Waals surface area contributed by atoms with Crippen LogP contribution in [0, 0.1) is 5.92 Å². The van der Waals surface area contributed by atoms with E-state index in [4.69, 9.17) is 16.3 Å². The molecule has 1 aliphatic carbocycles. The fourth-order valence-corrected chi connectivity index (χ4v) is 3.48. The van der Waals surface area contributed by atoms with E-state index in [1.807, 2.05) is 18.2 Å². The highest BCUT2D eigenvalue weighted by Gasteiger charge is 2.21. The number of carbonyl (C=O) groups excluding carboxylic acids is 1. The van der Waals surface area contributed by atoms with Gasteiger partial charge < -0.3 is 10.1 Å². The van der Waals surface area contributed by atoms with Gasteiger partial charge in [0.25, 0.3) is 5.91 Å². The van der Waals surface area contributed by atoms with Gasteiger partial charge in [-0.3, -0.25) is 4.79 Å². The Bertz CT molecular complexity index is 503. The molecule has 1 N–H and O–H groups in total. The average Bonchev–Trinajstić information content (AvgIpc) is 2.92. The predicted molar refractivity (Wildman–Crippen MR) is 79.6 cm³/mol. The van der Waals surface area contributed by atoms with Crippen molar-refractivity contribution in [2.75, 3.05) is 13.2 Å². The Morgan fingerprint density at radius 1 is 1.40 bits per heavy atom. The molecule has 0 spiro atoms. The number of nitrogens with one attached hydrogen (secondary N) is 1. The first-order valence-corrected chi connectivity index (χ1v) is 7.84. The monoisotopic (exact) mass is 293 g/mol. The van der Waals surface area contributed by atoms with Gasteiger partial charge in [-0.25, -0.2) is 0 Å². The lowest BCUT2D eigenvalue weighted by Crippen LogP contribution is -2.32. The number of hydrogen-bond donors (Lipinski definition) is 1. The Labute approximate surface area is 124 Å². The van der Waals surface area contributed by atoms with Crippen LogP contribution in [0.5, 0.6) is 5.75 Å². The first-order chi connectivity index (χ1) is 9.72. The van der Waals surface area contributed by atoms with Crippen molar-refractivity contribution in [2.24, 2.45) is 5.92 Å². The van der Waals surface area contributed by atoms with E-state index in [1.54, 1.807) is 0 Å². The zero-order valence-corrected chi connectivity index (χ0v) is 12.3. The highest BCUT2D eigenvalue weighted by atomic mass is 35.5. The van der Waals surface area contributed by atoms with Crippen LogP contribution in [0.15, 0.2) is 18.2 Å². The van der Waals surface area contributed by atoms with Gasteiger partial charge in [0.15, 0.2) is 0 Å². The van der Waals surface area contributed by atoms with E-state index in [9.17, 15) is 4.79 Å². The Morgan fingerprint density at radius 2 is 2.30 bits per heavy atom. The molecular formula is C16H20ClNO2. The summed E-state index contributed by atoms with van der Waals surface area (Å²) in [5.74, 6) is 1.45. The lowest BCUT2D eigenvalue weighted by molar-refractivity contribution is 0.0943. The first kappa shape index (κ1) is 13.7. The molecule has 2 unspecified atom stereocenters. The van der Waals surface area contributed by atoms with Crippen molar-refractivity contribution in [2.45, 2.75) is 37.5 Å². The van der Waals surface area contributed by atoms with Crippen LogP contribution in [-0.4, -0.2) is 24.4 Å².